The number of rotatable bonds is 3. The Labute approximate surface area is 187 Å². The number of anilines is 1. The number of fused-ring (bicyclic) bond motifs is 1. The molecule has 0 saturated carbocycles. The zero-order chi connectivity index (χ0) is 22.5. The molecule has 1 N–H and O–H groups in total. The first-order valence-corrected chi connectivity index (χ1v) is 10.5. The van der Waals surface area contributed by atoms with Crippen LogP contribution in [0.1, 0.15) is 11.1 Å². The van der Waals surface area contributed by atoms with Gasteiger partial charge in [-0.25, -0.2) is 4.68 Å². The second-order valence-corrected chi connectivity index (χ2v) is 8.44. The van der Waals surface area contributed by atoms with Gasteiger partial charge in [-0.15, -0.1) is 0 Å². The van der Waals surface area contributed by atoms with Crippen molar-refractivity contribution in [3.05, 3.63) is 96.0 Å². The Balaban J connectivity index is 1.75. The molecule has 1 aliphatic rings. The lowest BCUT2D eigenvalue weighted by molar-refractivity contribution is 0.377. The third kappa shape index (κ3) is 3.51. The molecule has 6 nitrogen and oxygen atoms in total. The van der Waals surface area contributed by atoms with E-state index in [0.29, 0.717) is 18.8 Å². The van der Waals surface area contributed by atoms with E-state index < -0.39 is 5.41 Å². The maximum atomic E-state index is 12.7. The maximum absolute atomic E-state index is 12.7. The van der Waals surface area contributed by atoms with Crippen LogP contribution in [-0.4, -0.2) is 26.1 Å². The highest BCUT2D eigenvalue weighted by molar-refractivity contribution is 5.87. The van der Waals surface area contributed by atoms with Gasteiger partial charge < -0.3 is 5.32 Å². The SMILES string of the molecule is [CH]C1([CH])CNc2c(-c3ccc(=O)n(-c4ccccc4C)n3)c(-c3cccc(C)c3)nn2C1. The Morgan fingerprint density at radius 2 is 1.81 bits per heavy atom. The first-order valence-electron chi connectivity index (χ1n) is 10.5. The van der Waals surface area contributed by atoms with Crippen molar-refractivity contribution in [2.45, 2.75) is 20.4 Å². The summed E-state index contributed by atoms with van der Waals surface area (Å²) in [6, 6.07) is 19.1. The lowest BCUT2D eigenvalue weighted by Gasteiger charge is -2.31. The smallest absolute Gasteiger partial charge is 0.271 e. The van der Waals surface area contributed by atoms with E-state index in [-0.39, 0.29) is 5.56 Å². The van der Waals surface area contributed by atoms with Crippen LogP contribution >= 0.6 is 0 Å². The molecule has 0 unspecified atom stereocenters. The number of aromatic nitrogens is 4. The van der Waals surface area contributed by atoms with Gasteiger partial charge in [0.15, 0.2) is 0 Å². The molecule has 6 heteroatoms. The quantitative estimate of drug-likeness (QED) is 0.538. The largest absolute Gasteiger partial charge is 0.369 e. The highest BCUT2D eigenvalue weighted by atomic mass is 16.1. The van der Waals surface area contributed by atoms with E-state index in [1.54, 1.807) is 10.7 Å². The number of hydrogen-bond acceptors (Lipinski definition) is 4. The summed E-state index contributed by atoms with van der Waals surface area (Å²) in [6.45, 7) is 17.1. The lowest BCUT2D eigenvalue weighted by Crippen LogP contribution is -2.35. The van der Waals surface area contributed by atoms with Gasteiger partial charge in [0.2, 0.25) is 0 Å². The standard InChI is InChI=1S/C26H23N5O/c1-17-8-7-10-19(14-17)24-23(25-27-15-26(3,4)16-30(25)29-24)20-12-13-22(32)31(28-20)21-11-6-5-9-18(21)2/h3-14,27H,15-16H2,1-2H3. The third-order valence-electron chi connectivity index (χ3n) is 5.67. The molecule has 0 bridgehead atoms. The fraction of sp³-hybridized carbons (Fsp3) is 0.192. The van der Waals surface area contributed by atoms with Crippen LogP contribution < -0.4 is 10.9 Å². The Morgan fingerprint density at radius 1 is 1.00 bits per heavy atom. The molecular formula is C26H23N5O. The average molecular weight is 422 g/mol. The Hall–Kier alpha value is -3.67. The minimum absolute atomic E-state index is 0.197. The van der Waals surface area contributed by atoms with E-state index in [2.05, 4.69) is 11.4 Å². The van der Waals surface area contributed by atoms with Gasteiger partial charge in [-0.2, -0.15) is 14.9 Å². The zero-order valence-electron chi connectivity index (χ0n) is 18.0. The van der Waals surface area contributed by atoms with E-state index in [4.69, 9.17) is 24.0 Å². The number of para-hydroxylation sites is 1. The Bertz CT molecular complexity index is 1380. The van der Waals surface area contributed by atoms with Crippen LogP contribution in [0.4, 0.5) is 5.82 Å². The zero-order valence-corrected chi connectivity index (χ0v) is 18.0. The van der Waals surface area contributed by atoms with Crippen LogP contribution in [-0.2, 0) is 6.54 Å². The molecule has 4 radical (unpaired) electrons. The molecular weight excluding hydrogens is 398 g/mol. The van der Waals surface area contributed by atoms with Gasteiger partial charge in [0.05, 0.1) is 23.5 Å². The first-order chi connectivity index (χ1) is 15.3. The van der Waals surface area contributed by atoms with Crippen LogP contribution in [0.25, 0.3) is 28.2 Å². The first kappa shape index (κ1) is 20.2. The van der Waals surface area contributed by atoms with Crippen LogP contribution in [0, 0.1) is 33.1 Å². The molecule has 0 atom stereocenters. The molecule has 4 aromatic rings. The predicted octanol–water partition coefficient (Wildman–Crippen LogP) is 4.21. The number of benzene rings is 2. The van der Waals surface area contributed by atoms with Crippen molar-refractivity contribution in [1.82, 2.24) is 19.6 Å². The van der Waals surface area contributed by atoms with Crippen molar-refractivity contribution in [3.8, 4) is 28.2 Å². The van der Waals surface area contributed by atoms with Gasteiger partial charge in [0.1, 0.15) is 11.5 Å². The van der Waals surface area contributed by atoms with E-state index in [1.807, 2.05) is 56.3 Å². The van der Waals surface area contributed by atoms with Gasteiger partial charge in [0, 0.05) is 23.6 Å². The number of nitrogens with one attached hydrogen (secondary N) is 1. The summed E-state index contributed by atoms with van der Waals surface area (Å²) >= 11 is 0. The summed E-state index contributed by atoms with van der Waals surface area (Å²) in [7, 11) is 0. The fourth-order valence-corrected chi connectivity index (χ4v) is 4.09. The molecule has 0 aliphatic carbocycles. The molecule has 32 heavy (non-hydrogen) atoms. The molecule has 0 saturated heterocycles. The molecule has 2 aromatic carbocycles. The average Bonchev–Trinajstić information content (AvgIpc) is 3.12. The highest BCUT2D eigenvalue weighted by Crippen LogP contribution is 2.40. The lowest BCUT2D eigenvalue weighted by atomic mass is 9.92. The van der Waals surface area contributed by atoms with Crippen LogP contribution in [0.2, 0.25) is 0 Å². The Kier molecular flexibility index (Phi) is 4.73. The summed E-state index contributed by atoms with van der Waals surface area (Å²) in [6.07, 6.45) is 0. The van der Waals surface area contributed by atoms with Crippen LogP contribution in [0.5, 0.6) is 0 Å². The Morgan fingerprint density at radius 3 is 2.59 bits per heavy atom. The van der Waals surface area contributed by atoms with E-state index in [9.17, 15) is 4.79 Å². The van der Waals surface area contributed by atoms with E-state index in [0.717, 1.165) is 39.5 Å². The van der Waals surface area contributed by atoms with Crippen LogP contribution in [0.15, 0.2) is 65.5 Å². The van der Waals surface area contributed by atoms with E-state index >= 15 is 0 Å². The predicted molar refractivity (Wildman–Crippen MR) is 125 cm³/mol. The van der Waals surface area contributed by atoms with E-state index in [1.165, 1.54) is 10.7 Å². The van der Waals surface area contributed by atoms with Gasteiger partial charge in [-0.05, 0) is 51.5 Å². The van der Waals surface area contributed by atoms with Gasteiger partial charge in [-0.1, -0.05) is 42.0 Å². The fourth-order valence-electron chi connectivity index (χ4n) is 4.09. The molecule has 158 valence electrons. The highest BCUT2D eigenvalue weighted by Gasteiger charge is 2.31. The van der Waals surface area contributed by atoms with Gasteiger partial charge in [0.25, 0.3) is 5.56 Å². The monoisotopic (exact) mass is 421 g/mol. The summed E-state index contributed by atoms with van der Waals surface area (Å²) in [4.78, 5) is 12.7. The van der Waals surface area contributed by atoms with Crippen LogP contribution in [0.3, 0.4) is 0 Å². The van der Waals surface area contributed by atoms with Gasteiger partial charge in [-0.3, -0.25) is 4.79 Å². The minimum Gasteiger partial charge on any atom is -0.369 e. The molecule has 0 spiro atoms. The molecule has 0 fully saturated rings. The van der Waals surface area contributed by atoms with Crippen molar-refractivity contribution in [3.63, 3.8) is 0 Å². The van der Waals surface area contributed by atoms with Gasteiger partial charge >= 0.3 is 0 Å². The summed E-state index contributed by atoms with van der Waals surface area (Å²) in [5.74, 6) is 0.788. The van der Waals surface area contributed by atoms with Crippen molar-refractivity contribution >= 4 is 5.82 Å². The van der Waals surface area contributed by atoms with Crippen molar-refractivity contribution in [1.29, 1.82) is 0 Å². The number of aryl methyl sites for hydroxylation is 2. The molecule has 3 heterocycles. The molecule has 5 rings (SSSR count). The second-order valence-electron chi connectivity index (χ2n) is 8.44. The summed E-state index contributed by atoms with van der Waals surface area (Å²) in [5.41, 5.74) is 4.89. The second kappa shape index (κ2) is 7.48. The molecule has 1 aliphatic heterocycles. The topological polar surface area (TPSA) is 64.7 Å². The number of nitrogens with zero attached hydrogens (tertiary/aromatic N) is 4. The molecule has 2 aromatic heterocycles. The summed E-state index contributed by atoms with van der Waals surface area (Å²) < 4.78 is 3.23. The summed E-state index contributed by atoms with van der Waals surface area (Å²) in [5, 5.41) is 12.9. The number of hydrogen-bond donors (Lipinski definition) is 1. The van der Waals surface area contributed by atoms with Crippen molar-refractivity contribution in [2.75, 3.05) is 11.9 Å². The van der Waals surface area contributed by atoms with Crippen molar-refractivity contribution in [2.24, 2.45) is 5.41 Å². The maximum Gasteiger partial charge on any atom is 0.271 e. The third-order valence-corrected chi connectivity index (χ3v) is 5.67. The minimum atomic E-state index is -0.909. The molecule has 0 amide bonds. The van der Waals surface area contributed by atoms with Crippen molar-refractivity contribution < 1.29 is 0 Å². The normalized spacial score (nSPS) is 14.6.